The summed E-state index contributed by atoms with van der Waals surface area (Å²) >= 11 is 0. The topological polar surface area (TPSA) is 88.5 Å². The van der Waals surface area contributed by atoms with E-state index in [9.17, 15) is 31.4 Å². The first-order chi connectivity index (χ1) is 14.3. The molecular formula is C19H19F6N5O. The largest absolute Gasteiger partial charge is 0.434 e. The number of aliphatic hydroxyl groups excluding tert-OH is 1. The third-order valence-electron chi connectivity index (χ3n) is 4.91. The summed E-state index contributed by atoms with van der Waals surface area (Å²) in [6, 6.07) is 4.38. The van der Waals surface area contributed by atoms with Gasteiger partial charge in [-0.1, -0.05) is 12.1 Å². The van der Waals surface area contributed by atoms with E-state index in [-0.39, 0.29) is 23.4 Å². The van der Waals surface area contributed by atoms with Crippen LogP contribution in [0.1, 0.15) is 22.7 Å². The van der Waals surface area contributed by atoms with Crippen LogP contribution < -0.4 is 11.1 Å². The number of alkyl halides is 6. The standard InChI is InChI=1S/C19H19F6N5O/c1-9-3-4-10(12(6-27-2)15(31)19(23,24)25)5-11(9)13-7-28-17-16(26)29-14(8-30(13)17)18(20,21)22/h3-5,7-8,12,15,27,31H,6H2,1-2H3,(H2,26,29). The van der Waals surface area contributed by atoms with Crippen LogP contribution in [0.4, 0.5) is 32.2 Å². The minimum absolute atomic E-state index is 0.0186. The van der Waals surface area contributed by atoms with Crippen LogP contribution in [0.25, 0.3) is 16.9 Å². The molecule has 0 aliphatic carbocycles. The summed E-state index contributed by atoms with van der Waals surface area (Å²) in [6.45, 7) is 1.48. The molecule has 0 bridgehead atoms. The van der Waals surface area contributed by atoms with Gasteiger partial charge in [-0.3, -0.25) is 4.40 Å². The molecule has 0 aliphatic heterocycles. The number of likely N-dealkylation sites (N-methyl/N-ethyl adjacent to an activating group) is 1. The highest BCUT2D eigenvalue weighted by Gasteiger charge is 2.44. The number of nitrogens with two attached hydrogens (primary N) is 1. The van der Waals surface area contributed by atoms with Gasteiger partial charge in [-0.2, -0.15) is 26.3 Å². The van der Waals surface area contributed by atoms with Crippen LogP contribution in [0, 0.1) is 6.92 Å². The number of imidazole rings is 1. The van der Waals surface area contributed by atoms with Gasteiger partial charge >= 0.3 is 12.4 Å². The van der Waals surface area contributed by atoms with Gasteiger partial charge < -0.3 is 16.2 Å². The highest BCUT2D eigenvalue weighted by Crippen LogP contribution is 2.36. The molecule has 0 saturated carbocycles. The number of aromatic nitrogens is 3. The van der Waals surface area contributed by atoms with Gasteiger partial charge in [0.1, 0.15) is 0 Å². The van der Waals surface area contributed by atoms with Crippen LogP contribution in [0.3, 0.4) is 0 Å². The number of nitrogens with one attached hydrogen (secondary N) is 1. The molecule has 0 spiro atoms. The number of aliphatic hydroxyl groups is 1. The summed E-state index contributed by atoms with van der Waals surface area (Å²) in [6.07, 6.45) is -10.2. The van der Waals surface area contributed by atoms with Crippen molar-refractivity contribution in [1.29, 1.82) is 0 Å². The van der Waals surface area contributed by atoms with E-state index in [1.807, 2.05) is 0 Å². The predicted octanol–water partition coefficient (Wildman–Crippen LogP) is 3.53. The number of benzene rings is 1. The zero-order valence-corrected chi connectivity index (χ0v) is 16.4. The average Bonchev–Trinajstić information content (AvgIpc) is 3.09. The summed E-state index contributed by atoms with van der Waals surface area (Å²) < 4.78 is 80.1. The molecule has 12 heteroatoms. The molecule has 0 amide bonds. The van der Waals surface area contributed by atoms with E-state index in [4.69, 9.17) is 5.73 Å². The minimum atomic E-state index is -4.85. The number of halogens is 6. The molecule has 0 aliphatic rings. The van der Waals surface area contributed by atoms with Crippen LogP contribution in [0.5, 0.6) is 0 Å². The monoisotopic (exact) mass is 447 g/mol. The number of fused-ring (bicyclic) bond motifs is 1. The Labute approximate surface area is 172 Å². The van der Waals surface area contributed by atoms with Gasteiger partial charge in [0.05, 0.1) is 11.9 Å². The van der Waals surface area contributed by atoms with Crippen molar-refractivity contribution in [3.05, 3.63) is 47.4 Å². The van der Waals surface area contributed by atoms with E-state index >= 15 is 0 Å². The fourth-order valence-corrected chi connectivity index (χ4v) is 3.35. The summed E-state index contributed by atoms with van der Waals surface area (Å²) in [4.78, 5) is 7.34. The van der Waals surface area contributed by atoms with Crippen LogP contribution in [0.15, 0.2) is 30.6 Å². The Balaban J connectivity index is 2.18. The number of nitrogen functional groups attached to an aromatic ring is 1. The maximum absolute atomic E-state index is 13.2. The fraction of sp³-hybridized carbons (Fsp3) is 0.368. The van der Waals surface area contributed by atoms with Crippen molar-refractivity contribution < 1.29 is 31.4 Å². The molecule has 168 valence electrons. The zero-order valence-electron chi connectivity index (χ0n) is 16.4. The molecule has 0 fully saturated rings. The van der Waals surface area contributed by atoms with Crippen molar-refractivity contribution in [1.82, 2.24) is 19.7 Å². The van der Waals surface area contributed by atoms with Gasteiger partial charge in [0.2, 0.25) is 0 Å². The lowest BCUT2D eigenvalue weighted by atomic mass is 9.89. The van der Waals surface area contributed by atoms with E-state index in [1.54, 1.807) is 6.92 Å². The number of hydrogen-bond donors (Lipinski definition) is 3. The van der Waals surface area contributed by atoms with Gasteiger partial charge in [0.15, 0.2) is 23.3 Å². The summed E-state index contributed by atoms with van der Waals surface area (Å²) in [5.74, 6) is -1.77. The van der Waals surface area contributed by atoms with Gasteiger partial charge in [0.25, 0.3) is 0 Å². The maximum atomic E-state index is 13.2. The van der Waals surface area contributed by atoms with E-state index in [0.717, 1.165) is 10.6 Å². The highest BCUT2D eigenvalue weighted by molar-refractivity contribution is 5.72. The second-order valence-electron chi connectivity index (χ2n) is 7.07. The van der Waals surface area contributed by atoms with Crippen molar-refractivity contribution in [2.75, 3.05) is 19.3 Å². The number of hydrogen-bond acceptors (Lipinski definition) is 5. The van der Waals surface area contributed by atoms with Crippen molar-refractivity contribution >= 4 is 11.5 Å². The molecule has 3 aromatic rings. The fourth-order valence-electron chi connectivity index (χ4n) is 3.35. The Bertz CT molecular complexity index is 1090. The number of anilines is 1. The lowest BCUT2D eigenvalue weighted by Crippen LogP contribution is -2.38. The Morgan fingerprint density at radius 1 is 1.19 bits per heavy atom. The molecule has 2 unspecified atom stereocenters. The molecule has 4 N–H and O–H groups in total. The average molecular weight is 447 g/mol. The minimum Gasteiger partial charge on any atom is -0.383 e. The Kier molecular flexibility index (Phi) is 5.89. The molecule has 0 saturated heterocycles. The molecule has 0 radical (unpaired) electrons. The third kappa shape index (κ3) is 4.44. The highest BCUT2D eigenvalue weighted by atomic mass is 19.4. The Hall–Kier alpha value is -2.86. The summed E-state index contributed by atoms with van der Waals surface area (Å²) in [5, 5.41) is 12.4. The molecule has 2 aromatic heterocycles. The van der Waals surface area contributed by atoms with Gasteiger partial charge in [-0.25, -0.2) is 9.97 Å². The van der Waals surface area contributed by atoms with Crippen molar-refractivity contribution in [3.63, 3.8) is 0 Å². The SMILES string of the molecule is CNCC(c1ccc(C)c(-c2cnc3c(N)nc(C(F)(F)F)cn23)c1)C(O)C(F)(F)F. The molecule has 3 rings (SSSR count). The second kappa shape index (κ2) is 8.00. The molecule has 6 nitrogen and oxygen atoms in total. The van der Waals surface area contributed by atoms with Crippen molar-refractivity contribution in [2.24, 2.45) is 0 Å². The molecular weight excluding hydrogens is 428 g/mol. The molecule has 1 aromatic carbocycles. The summed E-state index contributed by atoms with van der Waals surface area (Å²) in [5.41, 5.74) is 5.66. The van der Waals surface area contributed by atoms with Crippen LogP contribution in [-0.2, 0) is 6.18 Å². The second-order valence-corrected chi connectivity index (χ2v) is 7.07. The Morgan fingerprint density at radius 3 is 2.45 bits per heavy atom. The van der Waals surface area contributed by atoms with E-state index in [1.165, 1.54) is 31.4 Å². The smallest absolute Gasteiger partial charge is 0.383 e. The molecule has 31 heavy (non-hydrogen) atoms. The van der Waals surface area contributed by atoms with E-state index in [2.05, 4.69) is 15.3 Å². The first kappa shape index (κ1) is 22.8. The van der Waals surface area contributed by atoms with Gasteiger partial charge in [0, 0.05) is 24.2 Å². The van der Waals surface area contributed by atoms with Crippen LogP contribution >= 0.6 is 0 Å². The zero-order chi connectivity index (χ0) is 23.1. The number of nitrogens with zero attached hydrogens (tertiary/aromatic N) is 3. The van der Waals surface area contributed by atoms with Crippen molar-refractivity contribution in [3.8, 4) is 11.3 Å². The lowest BCUT2D eigenvalue weighted by molar-refractivity contribution is -0.210. The maximum Gasteiger partial charge on any atom is 0.434 e. The normalized spacial score (nSPS) is 14.7. The first-order valence-corrected chi connectivity index (χ1v) is 9.05. The van der Waals surface area contributed by atoms with E-state index < -0.39 is 35.9 Å². The lowest BCUT2D eigenvalue weighted by Gasteiger charge is -2.26. The third-order valence-corrected chi connectivity index (χ3v) is 4.91. The molecule has 2 heterocycles. The van der Waals surface area contributed by atoms with Gasteiger partial charge in [-0.05, 0) is 31.2 Å². The number of rotatable bonds is 5. The van der Waals surface area contributed by atoms with Crippen LogP contribution in [0.2, 0.25) is 0 Å². The van der Waals surface area contributed by atoms with Gasteiger partial charge in [-0.15, -0.1) is 0 Å². The summed E-state index contributed by atoms with van der Waals surface area (Å²) in [7, 11) is 1.45. The number of aryl methyl sites for hydroxylation is 1. The van der Waals surface area contributed by atoms with Crippen LogP contribution in [-0.4, -0.2) is 45.3 Å². The first-order valence-electron chi connectivity index (χ1n) is 9.05. The van der Waals surface area contributed by atoms with Crippen molar-refractivity contribution in [2.45, 2.75) is 31.3 Å². The molecule has 2 atom stereocenters. The Morgan fingerprint density at radius 2 is 1.87 bits per heavy atom. The van der Waals surface area contributed by atoms with E-state index in [0.29, 0.717) is 11.1 Å². The predicted molar refractivity (Wildman–Crippen MR) is 101 cm³/mol. The quantitative estimate of drug-likeness (QED) is 0.521.